The third-order valence-electron chi connectivity index (χ3n) is 4.83. The number of piperazine rings is 1. The Morgan fingerprint density at radius 1 is 1.17 bits per heavy atom. The Morgan fingerprint density at radius 2 is 1.93 bits per heavy atom. The van der Waals surface area contributed by atoms with E-state index in [9.17, 15) is 18.5 Å². The lowest BCUT2D eigenvalue weighted by molar-refractivity contribution is -0.131. The summed E-state index contributed by atoms with van der Waals surface area (Å²) >= 11 is 1.41. The van der Waals surface area contributed by atoms with E-state index in [0.29, 0.717) is 24.5 Å². The molecule has 30 heavy (non-hydrogen) atoms. The Kier molecular flexibility index (Phi) is 5.67. The topological polar surface area (TPSA) is 108 Å². The summed E-state index contributed by atoms with van der Waals surface area (Å²) in [5, 5.41) is 11.7. The number of carbonyl (C=O) groups excluding carboxylic acids is 1. The number of furan rings is 1. The molecule has 1 aliphatic heterocycles. The van der Waals surface area contributed by atoms with Gasteiger partial charge in [0, 0.05) is 31.6 Å². The number of carbonyl (C=O) groups is 1. The van der Waals surface area contributed by atoms with Crippen LogP contribution in [0.5, 0.6) is 0 Å². The Hall–Kier alpha value is -3.00. The number of aromatic nitrogens is 1. The lowest BCUT2D eigenvalue weighted by Crippen LogP contribution is -2.51. The van der Waals surface area contributed by atoms with Crippen LogP contribution in [-0.4, -0.2) is 54.7 Å². The highest BCUT2D eigenvalue weighted by Crippen LogP contribution is 2.25. The van der Waals surface area contributed by atoms with Gasteiger partial charge in [-0.15, -0.1) is 11.3 Å². The molecule has 0 spiro atoms. The molecule has 1 aliphatic rings. The van der Waals surface area contributed by atoms with Crippen LogP contribution in [0.1, 0.15) is 11.3 Å². The zero-order valence-corrected chi connectivity index (χ0v) is 17.5. The average molecular weight is 443 g/mol. The first-order chi connectivity index (χ1) is 14.5. The van der Waals surface area contributed by atoms with Crippen molar-refractivity contribution in [3.05, 3.63) is 59.3 Å². The number of nitriles is 1. The third kappa shape index (κ3) is 4.00. The summed E-state index contributed by atoms with van der Waals surface area (Å²) in [5.74, 6) is 0.566. The molecule has 0 atom stereocenters. The zero-order chi connectivity index (χ0) is 21.1. The van der Waals surface area contributed by atoms with Gasteiger partial charge in [-0.05, 0) is 24.3 Å². The molecule has 10 heteroatoms. The maximum atomic E-state index is 12.9. The van der Waals surface area contributed by atoms with Crippen molar-refractivity contribution in [1.29, 1.82) is 5.26 Å². The molecule has 3 heterocycles. The zero-order valence-electron chi connectivity index (χ0n) is 15.9. The van der Waals surface area contributed by atoms with Crippen LogP contribution in [-0.2, 0) is 21.2 Å². The fourth-order valence-corrected chi connectivity index (χ4v) is 5.62. The van der Waals surface area contributed by atoms with Crippen molar-refractivity contribution >= 4 is 27.3 Å². The van der Waals surface area contributed by atoms with Crippen molar-refractivity contribution in [2.45, 2.75) is 11.3 Å². The molecule has 2 aromatic heterocycles. The molecule has 0 saturated carbocycles. The molecule has 1 saturated heterocycles. The predicted octanol–water partition coefficient (Wildman–Crippen LogP) is 2.35. The van der Waals surface area contributed by atoms with Gasteiger partial charge in [0.25, 0.3) is 0 Å². The van der Waals surface area contributed by atoms with Crippen LogP contribution in [0, 0.1) is 11.3 Å². The molecular formula is C20H18N4O4S2. The van der Waals surface area contributed by atoms with E-state index < -0.39 is 10.0 Å². The van der Waals surface area contributed by atoms with Crippen LogP contribution >= 0.6 is 11.3 Å². The van der Waals surface area contributed by atoms with Crippen molar-refractivity contribution in [3.8, 4) is 16.8 Å². The maximum Gasteiger partial charge on any atom is 0.244 e. The molecule has 4 rings (SSSR count). The van der Waals surface area contributed by atoms with Gasteiger partial charge in [-0.1, -0.05) is 12.1 Å². The first-order valence-electron chi connectivity index (χ1n) is 9.24. The number of benzene rings is 1. The lowest BCUT2D eigenvalue weighted by atomic mass is 10.2. The lowest BCUT2D eigenvalue weighted by Gasteiger charge is -2.34. The highest BCUT2D eigenvalue weighted by molar-refractivity contribution is 7.89. The van der Waals surface area contributed by atoms with E-state index in [4.69, 9.17) is 4.42 Å². The maximum absolute atomic E-state index is 12.9. The number of amides is 1. The molecule has 1 fully saturated rings. The third-order valence-corrected chi connectivity index (χ3v) is 7.70. The largest absolute Gasteiger partial charge is 0.462 e. The van der Waals surface area contributed by atoms with Crippen molar-refractivity contribution in [1.82, 2.24) is 14.2 Å². The summed E-state index contributed by atoms with van der Waals surface area (Å²) in [4.78, 5) is 18.7. The second kappa shape index (κ2) is 8.39. The van der Waals surface area contributed by atoms with Crippen LogP contribution in [0.15, 0.2) is 57.4 Å². The Bertz CT molecular complexity index is 1190. The first-order valence-corrected chi connectivity index (χ1v) is 11.6. The van der Waals surface area contributed by atoms with E-state index in [1.54, 1.807) is 29.4 Å². The minimum Gasteiger partial charge on any atom is -0.462 e. The van der Waals surface area contributed by atoms with Gasteiger partial charge in [0.2, 0.25) is 15.9 Å². The molecule has 3 aromatic rings. The van der Waals surface area contributed by atoms with Crippen molar-refractivity contribution in [2.24, 2.45) is 0 Å². The predicted molar refractivity (Wildman–Crippen MR) is 110 cm³/mol. The molecule has 0 aliphatic carbocycles. The summed E-state index contributed by atoms with van der Waals surface area (Å²) < 4.78 is 32.5. The standard InChI is InChI=1S/C20H18N4O4S2/c21-13-15-4-1-2-6-18(15)30(26,27)24-9-7-23(8-10-24)19(25)12-16-14-29-20(22-16)17-5-3-11-28-17/h1-6,11,14H,7-10,12H2. The molecular weight excluding hydrogens is 424 g/mol. The monoisotopic (exact) mass is 442 g/mol. The van der Waals surface area contributed by atoms with Crippen molar-refractivity contribution < 1.29 is 17.6 Å². The SMILES string of the molecule is N#Cc1ccccc1S(=O)(=O)N1CCN(C(=O)Cc2csc(-c3ccco3)n2)CC1. The molecule has 1 aromatic carbocycles. The van der Waals surface area contributed by atoms with Crippen LogP contribution in [0.2, 0.25) is 0 Å². The number of sulfonamides is 1. The Morgan fingerprint density at radius 3 is 2.63 bits per heavy atom. The summed E-state index contributed by atoms with van der Waals surface area (Å²) in [6.07, 6.45) is 1.73. The van der Waals surface area contributed by atoms with Crippen LogP contribution < -0.4 is 0 Å². The van der Waals surface area contributed by atoms with Gasteiger partial charge in [-0.25, -0.2) is 13.4 Å². The van der Waals surface area contributed by atoms with E-state index in [0.717, 1.165) is 5.01 Å². The molecule has 0 radical (unpaired) electrons. The minimum absolute atomic E-state index is 0.000190. The van der Waals surface area contributed by atoms with Crippen molar-refractivity contribution in [3.63, 3.8) is 0 Å². The molecule has 8 nitrogen and oxygen atoms in total. The Labute approximate surface area is 178 Å². The van der Waals surface area contributed by atoms with Gasteiger partial charge in [0.15, 0.2) is 10.8 Å². The quantitative estimate of drug-likeness (QED) is 0.600. The number of hydrogen-bond donors (Lipinski definition) is 0. The summed E-state index contributed by atoms with van der Waals surface area (Å²) in [6, 6.07) is 11.7. The van der Waals surface area contributed by atoms with Gasteiger partial charge < -0.3 is 9.32 Å². The summed E-state index contributed by atoms with van der Waals surface area (Å²) in [7, 11) is -3.78. The van der Waals surface area contributed by atoms with Gasteiger partial charge in [-0.3, -0.25) is 4.79 Å². The van der Waals surface area contributed by atoms with Gasteiger partial charge >= 0.3 is 0 Å². The van der Waals surface area contributed by atoms with Crippen molar-refractivity contribution in [2.75, 3.05) is 26.2 Å². The molecule has 154 valence electrons. The normalized spacial score (nSPS) is 15.1. The number of nitrogens with zero attached hydrogens (tertiary/aromatic N) is 4. The number of rotatable bonds is 5. The second-order valence-electron chi connectivity index (χ2n) is 6.69. The van der Waals surface area contributed by atoms with E-state index >= 15 is 0 Å². The van der Waals surface area contributed by atoms with Crippen LogP contribution in [0.4, 0.5) is 0 Å². The van der Waals surface area contributed by atoms with E-state index in [1.807, 2.05) is 17.5 Å². The highest BCUT2D eigenvalue weighted by Gasteiger charge is 2.31. The fraction of sp³-hybridized carbons (Fsp3) is 0.250. The molecule has 1 amide bonds. The van der Waals surface area contributed by atoms with Gasteiger partial charge in [-0.2, -0.15) is 9.57 Å². The Balaban J connectivity index is 1.38. The smallest absolute Gasteiger partial charge is 0.244 e. The molecule has 0 unspecified atom stereocenters. The first kappa shape index (κ1) is 20.3. The average Bonchev–Trinajstić information content (AvgIpc) is 3.46. The van der Waals surface area contributed by atoms with E-state index in [2.05, 4.69) is 4.98 Å². The highest BCUT2D eigenvalue weighted by atomic mass is 32.2. The van der Waals surface area contributed by atoms with E-state index in [1.165, 1.54) is 27.8 Å². The molecule has 0 N–H and O–H groups in total. The summed E-state index contributed by atoms with van der Waals surface area (Å²) in [6.45, 7) is 0.953. The fourth-order valence-electron chi connectivity index (χ4n) is 3.27. The van der Waals surface area contributed by atoms with Gasteiger partial charge in [0.1, 0.15) is 6.07 Å². The number of thiazole rings is 1. The molecule has 0 bridgehead atoms. The minimum atomic E-state index is -3.78. The second-order valence-corrected chi connectivity index (χ2v) is 9.46. The van der Waals surface area contributed by atoms with E-state index in [-0.39, 0.29) is 35.9 Å². The van der Waals surface area contributed by atoms with Crippen LogP contribution in [0.3, 0.4) is 0 Å². The van der Waals surface area contributed by atoms with Gasteiger partial charge in [0.05, 0.1) is 28.8 Å². The number of hydrogen-bond acceptors (Lipinski definition) is 7. The van der Waals surface area contributed by atoms with Crippen LogP contribution in [0.25, 0.3) is 10.8 Å². The summed E-state index contributed by atoms with van der Waals surface area (Å²) in [5.41, 5.74) is 0.779.